The summed E-state index contributed by atoms with van der Waals surface area (Å²) in [5, 5.41) is 0. The van der Waals surface area contributed by atoms with Crippen LogP contribution in [-0.2, 0) is 0 Å². The molecule has 1 saturated carbocycles. The Morgan fingerprint density at radius 2 is 1.30 bits per heavy atom. The largest absolute Gasteiger partial charge is 0.358 e. The predicted octanol–water partition coefficient (Wildman–Crippen LogP) is 6.40. The minimum absolute atomic E-state index is 0.677. The van der Waals surface area contributed by atoms with Crippen molar-refractivity contribution < 1.29 is 0 Å². The minimum Gasteiger partial charge on any atom is -0.358 e. The molecule has 1 heterocycles. The molecule has 0 atom stereocenters. The molecule has 3 aromatic rings. The second-order valence-corrected chi connectivity index (χ2v) is 6.58. The van der Waals surface area contributed by atoms with Crippen LogP contribution in [0.25, 0.3) is 22.4 Å². The van der Waals surface area contributed by atoms with Crippen LogP contribution in [0.1, 0.15) is 43.7 Å². The van der Waals surface area contributed by atoms with E-state index in [1.807, 2.05) is 0 Å². The molecule has 0 unspecified atom stereocenters. The number of nitrogens with one attached hydrogen (secondary N) is 1. The maximum Gasteiger partial charge on any atom is 0.0462 e. The Morgan fingerprint density at radius 1 is 0.696 bits per heavy atom. The Morgan fingerprint density at radius 3 is 1.96 bits per heavy atom. The molecule has 1 N–H and O–H groups in total. The zero-order chi connectivity index (χ0) is 15.5. The lowest BCUT2D eigenvalue weighted by molar-refractivity contribution is 0.438. The second-order valence-electron chi connectivity index (χ2n) is 6.58. The first-order chi connectivity index (χ1) is 11.4. The van der Waals surface area contributed by atoms with Gasteiger partial charge in [-0.3, -0.25) is 0 Å². The third-order valence-electron chi connectivity index (χ3n) is 5.03. The number of aromatic amines is 1. The Kier molecular flexibility index (Phi) is 4.02. The minimum atomic E-state index is 0.677. The molecule has 1 heteroatoms. The number of aromatic nitrogens is 1. The van der Waals surface area contributed by atoms with Gasteiger partial charge < -0.3 is 4.98 Å². The van der Waals surface area contributed by atoms with E-state index in [9.17, 15) is 0 Å². The quantitative estimate of drug-likeness (QED) is 0.576. The Hall–Kier alpha value is -2.28. The molecule has 2 aromatic carbocycles. The van der Waals surface area contributed by atoms with Gasteiger partial charge in [0.15, 0.2) is 0 Å². The van der Waals surface area contributed by atoms with Crippen LogP contribution in [0.3, 0.4) is 0 Å². The highest BCUT2D eigenvalue weighted by Crippen LogP contribution is 2.39. The van der Waals surface area contributed by atoms with Gasteiger partial charge in [0, 0.05) is 17.0 Å². The molecular weight excluding hydrogens is 278 g/mol. The van der Waals surface area contributed by atoms with Crippen LogP contribution in [0.4, 0.5) is 0 Å². The van der Waals surface area contributed by atoms with Gasteiger partial charge >= 0.3 is 0 Å². The molecule has 116 valence electrons. The Labute approximate surface area is 138 Å². The number of hydrogen-bond acceptors (Lipinski definition) is 0. The lowest BCUT2D eigenvalue weighted by Crippen LogP contribution is -2.06. The summed E-state index contributed by atoms with van der Waals surface area (Å²) < 4.78 is 0. The highest BCUT2D eigenvalue weighted by atomic mass is 14.7. The molecule has 0 spiro atoms. The van der Waals surface area contributed by atoms with Crippen LogP contribution >= 0.6 is 0 Å². The molecule has 4 rings (SSSR count). The first-order valence-electron chi connectivity index (χ1n) is 8.75. The lowest BCUT2D eigenvalue weighted by Gasteiger charge is -2.22. The fourth-order valence-electron chi connectivity index (χ4n) is 3.81. The highest BCUT2D eigenvalue weighted by Gasteiger charge is 2.21. The molecule has 1 aliphatic rings. The summed E-state index contributed by atoms with van der Waals surface area (Å²) in [6.45, 7) is 0. The normalized spacial score (nSPS) is 15.7. The summed E-state index contributed by atoms with van der Waals surface area (Å²) >= 11 is 0. The van der Waals surface area contributed by atoms with E-state index in [1.54, 1.807) is 0 Å². The molecule has 1 nitrogen and oxygen atoms in total. The maximum absolute atomic E-state index is 3.77. The van der Waals surface area contributed by atoms with Crippen LogP contribution in [-0.4, -0.2) is 4.98 Å². The molecule has 0 bridgehead atoms. The average molecular weight is 301 g/mol. The van der Waals surface area contributed by atoms with Crippen LogP contribution in [0.2, 0.25) is 0 Å². The van der Waals surface area contributed by atoms with Crippen LogP contribution in [0.15, 0.2) is 66.7 Å². The standard InChI is InChI=1S/C22H23N/c1-4-10-17(11-5-1)20-16-21(18-12-6-2-7-13-18)23-22(20)19-14-8-3-9-15-19/h1-2,4-7,10-13,16,19,23H,3,8-9,14-15H2. The van der Waals surface area contributed by atoms with Crippen LogP contribution in [0.5, 0.6) is 0 Å². The topological polar surface area (TPSA) is 15.8 Å². The molecule has 0 saturated heterocycles. The van der Waals surface area contributed by atoms with E-state index in [1.165, 1.54) is 60.2 Å². The highest BCUT2D eigenvalue weighted by molar-refractivity contribution is 5.74. The fourth-order valence-corrected chi connectivity index (χ4v) is 3.81. The van der Waals surface area contributed by atoms with Crippen molar-refractivity contribution in [2.75, 3.05) is 0 Å². The van der Waals surface area contributed by atoms with E-state index in [4.69, 9.17) is 0 Å². The first-order valence-corrected chi connectivity index (χ1v) is 8.75. The van der Waals surface area contributed by atoms with E-state index >= 15 is 0 Å². The van der Waals surface area contributed by atoms with Crippen molar-refractivity contribution in [1.29, 1.82) is 0 Å². The summed E-state index contributed by atoms with van der Waals surface area (Å²) in [5.41, 5.74) is 6.66. The van der Waals surface area contributed by atoms with E-state index in [0.29, 0.717) is 5.92 Å². The van der Waals surface area contributed by atoms with Crippen molar-refractivity contribution in [2.45, 2.75) is 38.0 Å². The zero-order valence-corrected chi connectivity index (χ0v) is 13.5. The van der Waals surface area contributed by atoms with Crippen molar-refractivity contribution in [3.8, 4) is 22.4 Å². The number of benzene rings is 2. The monoisotopic (exact) mass is 301 g/mol. The molecule has 1 fully saturated rings. The van der Waals surface area contributed by atoms with E-state index < -0.39 is 0 Å². The molecule has 0 radical (unpaired) electrons. The van der Waals surface area contributed by atoms with Gasteiger partial charge in [-0.2, -0.15) is 0 Å². The van der Waals surface area contributed by atoms with Crippen LogP contribution < -0.4 is 0 Å². The van der Waals surface area contributed by atoms with Gasteiger partial charge in [-0.15, -0.1) is 0 Å². The first kappa shape index (κ1) is 14.3. The van der Waals surface area contributed by atoms with Gasteiger partial charge in [0.05, 0.1) is 0 Å². The molecule has 0 amide bonds. The third-order valence-corrected chi connectivity index (χ3v) is 5.03. The third kappa shape index (κ3) is 2.96. The van der Waals surface area contributed by atoms with Gasteiger partial charge in [0.1, 0.15) is 0 Å². The van der Waals surface area contributed by atoms with E-state index in [-0.39, 0.29) is 0 Å². The van der Waals surface area contributed by atoms with Gasteiger partial charge in [0.25, 0.3) is 0 Å². The summed E-state index contributed by atoms with van der Waals surface area (Å²) in [6.07, 6.45) is 6.74. The molecule has 1 aromatic heterocycles. The number of hydrogen-bond donors (Lipinski definition) is 1. The second kappa shape index (κ2) is 6.45. The summed E-state index contributed by atoms with van der Waals surface area (Å²) in [6, 6.07) is 23.8. The van der Waals surface area contributed by atoms with Gasteiger partial charge in [-0.25, -0.2) is 0 Å². The van der Waals surface area contributed by atoms with Crippen molar-refractivity contribution in [3.63, 3.8) is 0 Å². The molecule has 1 aliphatic carbocycles. The Balaban J connectivity index is 1.80. The fraction of sp³-hybridized carbons (Fsp3) is 0.273. The van der Waals surface area contributed by atoms with Crippen molar-refractivity contribution in [1.82, 2.24) is 4.98 Å². The summed E-state index contributed by atoms with van der Waals surface area (Å²) in [7, 11) is 0. The SMILES string of the molecule is c1ccc(-c2cc(-c3ccccc3)c(C3CCCCC3)[nH]2)cc1. The van der Waals surface area contributed by atoms with Gasteiger partial charge in [-0.1, -0.05) is 79.9 Å². The van der Waals surface area contributed by atoms with Crippen molar-refractivity contribution in [2.24, 2.45) is 0 Å². The maximum atomic E-state index is 3.77. The zero-order valence-electron chi connectivity index (χ0n) is 13.5. The summed E-state index contributed by atoms with van der Waals surface area (Å²) in [5.74, 6) is 0.677. The van der Waals surface area contributed by atoms with Gasteiger partial charge in [-0.05, 0) is 36.0 Å². The Bertz CT molecular complexity index is 749. The lowest BCUT2D eigenvalue weighted by atomic mass is 9.84. The van der Waals surface area contributed by atoms with Gasteiger partial charge in [0.2, 0.25) is 0 Å². The number of H-pyrrole nitrogens is 1. The van der Waals surface area contributed by atoms with E-state index in [0.717, 1.165) is 0 Å². The van der Waals surface area contributed by atoms with E-state index in [2.05, 4.69) is 71.7 Å². The summed E-state index contributed by atoms with van der Waals surface area (Å²) in [4.78, 5) is 3.77. The predicted molar refractivity (Wildman–Crippen MR) is 97.5 cm³/mol. The van der Waals surface area contributed by atoms with Crippen molar-refractivity contribution >= 4 is 0 Å². The molecule has 0 aliphatic heterocycles. The molecule has 23 heavy (non-hydrogen) atoms. The smallest absolute Gasteiger partial charge is 0.0462 e. The van der Waals surface area contributed by atoms with Crippen LogP contribution in [0, 0.1) is 0 Å². The molecular formula is C22H23N. The van der Waals surface area contributed by atoms with Crippen molar-refractivity contribution in [3.05, 3.63) is 72.4 Å². The average Bonchev–Trinajstić information content (AvgIpc) is 3.09. The number of rotatable bonds is 3.